The lowest BCUT2D eigenvalue weighted by atomic mass is 9.77. The highest BCUT2D eigenvalue weighted by Crippen LogP contribution is 2.30. The first-order valence-corrected chi connectivity index (χ1v) is 8.22. The largest absolute Gasteiger partial charge is 0.314 e. The van der Waals surface area contributed by atoms with Crippen LogP contribution in [0.25, 0.3) is 0 Å². The topological polar surface area (TPSA) is 12.0 Å². The Morgan fingerprint density at radius 2 is 1.90 bits per heavy atom. The predicted molar refractivity (Wildman–Crippen MR) is 90.2 cm³/mol. The minimum absolute atomic E-state index is 0.141. The minimum Gasteiger partial charge on any atom is -0.314 e. The van der Waals surface area contributed by atoms with E-state index in [9.17, 15) is 4.39 Å². The van der Waals surface area contributed by atoms with Gasteiger partial charge in [-0.2, -0.15) is 0 Å². The van der Waals surface area contributed by atoms with Crippen LogP contribution in [0.5, 0.6) is 0 Å². The molecule has 0 saturated heterocycles. The molecule has 1 rings (SSSR count). The zero-order valence-corrected chi connectivity index (χ0v) is 14.6. The Balaban J connectivity index is 2.77. The van der Waals surface area contributed by atoms with E-state index < -0.39 is 0 Å². The summed E-state index contributed by atoms with van der Waals surface area (Å²) in [6.45, 7) is 14.5. The van der Waals surface area contributed by atoms with Crippen LogP contribution in [0.15, 0.2) is 18.2 Å². The van der Waals surface area contributed by atoms with Gasteiger partial charge in [0.1, 0.15) is 5.82 Å². The molecule has 120 valence electrons. The van der Waals surface area contributed by atoms with Gasteiger partial charge in [0.25, 0.3) is 0 Å². The Morgan fingerprint density at radius 1 is 1.24 bits per heavy atom. The van der Waals surface area contributed by atoms with Gasteiger partial charge in [-0.1, -0.05) is 40.7 Å². The summed E-state index contributed by atoms with van der Waals surface area (Å²) < 4.78 is 13.2. The third-order valence-corrected chi connectivity index (χ3v) is 4.57. The molecule has 0 saturated carbocycles. The number of rotatable bonds is 7. The standard InChI is InChI=1S/C19H32FN/c1-7-10-21-18(12-15(3)19(4,5)6)13-16-8-9-17(20)11-14(16)2/h8-9,11,15,18,21H,7,10,12-13H2,1-6H3. The molecular weight excluding hydrogens is 261 g/mol. The monoisotopic (exact) mass is 293 g/mol. The zero-order valence-electron chi connectivity index (χ0n) is 14.6. The third kappa shape index (κ3) is 6.17. The van der Waals surface area contributed by atoms with Crippen molar-refractivity contribution in [1.29, 1.82) is 0 Å². The normalized spacial score (nSPS) is 15.0. The molecule has 0 spiro atoms. The van der Waals surface area contributed by atoms with Crippen LogP contribution in [0.3, 0.4) is 0 Å². The van der Waals surface area contributed by atoms with Gasteiger partial charge in [-0.05, 0) is 67.3 Å². The molecule has 0 aliphatic carbocycles. The minimum atomic E-state index is -0.141. The molecule has 0 aliphatic rings. The average molecular weight is 293 g/mol. The maximum atomic E-state index is 13.2. The molecule has 0 fully saturated rings. The smallest absolute Gasteiger partial charge is 0.123 e. The molecule has 2 unspecified atom stereocenters. The third-order valence-electron chi connectivity index (χ3n) is 4.57. The van der Waals surface area contributed by atoms with Crippen LogP contribution >= 0.6 is 0 Å². The maximum absolute atomic E-state index is 13.2. The molecule has 0 radical (unpaired) electrons. The van der Waals surface area contributed by atoms with E-state index >= 15 is 0 Å². The second-order valence-corrected chi connectivity index (χ2v) is 7.43. The van der Waals surface area contributed by atoms with Crippen molar-refractivity contribution in [2.45, 2.75) is 66.8 Å². The van der Waals surface area contributed by atoms with Crippen molar-refractivity contribution in [3.63, 3.8) is 0 Å². The lowest BCUT2D eigenvalue weighted by molar-refractivity contribution is 0.222. The molecule has 0 aromatic heterocycles. The Hall–Kier alpha value is -0.890. The van der Waals surface area contributed by atoms with E-state index in [1.165, 1.54) is 5.56 Å². The Bertz CT molecular complexity index is 434. The Morgan fingerprint density at radius 3 is 2.43 bits per heavy atom. The Labute approximate surface area is 130 Å². The molecule has 0 aliphatic heterocycles. The lowest BCUT2D eigenvalue weighted by Gasteiger charge is -2.31. The van der Waals surface area contributed by atoms with E-state index in [0.29, 0.717) is 17.4 Å². The summed E-state index contributed by atoms with van der Waals surface area (Å²) in [5.41, 5.74) is 2.64. The van der Waals surface area contributed by atoms with Crippen molar-refractivity contribution >= 4 is 0 Å². The van der Waals surface area contributed by atoms with Crippen molar-refractivity contribution in [3.8, 4) is 0 Å². The number of nitrogens with one attached hydrogen (secondary N) is 1. The summed E-state index contributed by atoms with van der Waals surface area (Å²) in [6.07, 6.45) is 3.27. The zero-order chi connectivity index (χ0) is 16.0. The van der Waals surface area contributed by atoms with Gasteiger partial charge in [-0.3, -0.25) is 0 Å². The van der Waals surface area contributed by atoms with E-state index in [1.54, 1.807) is 12.1 Å². The van der Waals surface area contributed by atoms with Crippen LogP contribution in [0.4, 0.5) is 4.39 Å². The van der Waals surface area contributed by atoms with E-state index in [4.69, 9.17) is 0 Å². The van der Waals surface area contributed by atoms with Gasteiger partial charge in [0.05, 0.1) is 0 Å². The summed E-state index contributed by atoms with van der Waals surface area (Å²) in [5.74, 6) is 0.505. The highest BCUT2D eigenvalue weighted by molar-refractivity contribution is 5.27. The van der Waals surface area contributed by atoms with Crippen LogP contribution in [-0.2, 0) is 6.42 Å². The highest BCUT2D eigenvalue weighted by Gasteiger charge is 2.23. The number of aryl methyl sites for hydroxylation is 1. The number of hydrogen-bond donors (Lipinski definition) is 1. The molecule has 1 N–H and O–H groups in total. The van der Waals surface area contributed by atoms with Gasteiger partial charge < -0.3 is 5.32 Å². The van der Waals surface area contributed by atoms with Crippen molar-refractivity contribution in [1.82, 2.24) is 5.32 Å². The maximum Gasteiger partial charge on any atom is 0.123 e. The first kappa shape index (κ1) is 18.2. The first-order chi connectivity index (χ1) is 9.74. The van der Waals surface area contributed by atoms with Crippen molar-refractivity contribution in [2.24, 2.45) is 11.3 Å². The number of hydrogen-bond acceptors (Lipinski definition) is 1. The van der Waals surface area contributed by atoms with Gasteiger partial charge in [0.15, 0.2) is 0 Å². The van der Waals surface area contributed by atoms with E-state index in [-0.39, 0.29) is 5.82 Å². The molecule has 0 bridgehead atoms. The van der Waals surface area contributed by atoms with E-state index in [0.717, 1.165) is 31.4 Å². The fraction of sp³-hybridized carbons (Fsp3) is 0.684. The Kier molecular flexibility index (Phi) is 6.86. The number of halogens is 1. The fourth-order valence-corrected chi connectivity index (χ4v) is 2.52. The summed E-state index contributed by atoms with van der Waals surface area (Å²) in [6, 6.07) is 5.61. The molecule has 1 aromatic rings. The average Bonchev–Trinajstić information content (AvgIpc) is 2.37. The fourth-order valence-electron chi connectivity index (χ4n) is 2.52. The van der Waals surface area contributed by atoms with Crippen molar-refractivity contribution in [2.75, 3.05) is 6.54 Å². The molecular formula is C19H32FN. The molecule has 0 heterocycles. The lowest BCUT2D eigenvalue weighted by Crippen LogP contribution is -2.36. The van der Waals surface area contributed by atoms with Crippen LogP contribution in [0.2, 0.25) is 0 Å². The second kappa shape index (κ2) is 7.93. The van der Waals surface area contributed by atoms with Gasteiger partial charge in [0, 0.05) is 6.04 Å². The summed E-state index contributed by atoms with van der Waals surface area (Å²) in [5, 5.41) is 3.67. The van der Waals surface area contributed by atoms with Crippen molar-refractivity contribution < 1.29 is 4.39 Å². The van der Waals surface area contributed by atoms with E-state index in [1.807, 2.05) is 13.0 Å². The molecule has 0 amide bonds. The van der Waals surface area contributed by atoms with Gasteiger partial charge in [0.2, 0.25) is 0 Å². The van der Waals surface area contributed by atoms with Crippen LogP contribution in [-0.4, -0.2) is 12.6 Å². The summed E-state index contributed by atoms with van der Waals surface area (Å²) in [4.78, 5) is 0. The van der Waals surface area contributed by atoms with Crippen LogP contribution in [0.1, 0.15) is 58.6 Å². The SMILES string of the molecule is CCCNC(Cc1ccc(F)cc1C)CC(C)C(C)(C)C. The van der Waals surface area contributed by atoms with Gasteiger partial charge >= 0.3 is 0 Å². The van der Waals surface area contributed by atoms with Gasteiger partial charge in [-0.15, -0.1) is 0 Å². The molecule has 1 nitrogen and oxygen atoms in total. The highest BCUT2D eigenvalue weighted by atomic mass is 19.1. The molecule has 21 heavy (non-hydrogen) atoms. The second-order valence-electron chi connectivity index (χ2n) is 7.43. The summed E-state index contributed by atoms with van der Waals surface area (Å²) in [7, 11) is 0. The summed E-state index contributed by atoms with van der Waals surface area (Å²) >= 11 is 0. The molecule has 1 aromatic carbocycles. The van der Waals surface area contributed by atoms with Crippen LogP contribution in [0, 0.1) is 24.1 Å². The quantitative estimate of drug-likeness (QED) is 0.736. The van der Waals surface area contributed by atoms with E-state index in [2.05, 4.69) is 39.9 Å². The number of benzene rings is 1. The molecule has 2 heteroatoms. The first-order valence-electron chi connectivity index (χ1n) is 8.22. The van der Waals surface area contributed by atoms with Crippen LogP contribution < -0.4 is 5.32 Å². The van der Waals surface area contributed by atoms with Crippen molar-refractivity contribution in [3.05, 3.63) is 35.1 Å². The van der Waals surface area contributed by atoms with Gasteiger partial charge in [-0.25, -0.2) is 4.39 Å². The molecule has 2 atom stereocenters. The predicted octanol–water partition coefficient (Wildman–Crippen LogP) is 5.12.